The molecule has 0 unspecified atom stereocenters. The van der Waals surface area contributed by atoms with Gasteiger partial charge in [-0.15, -0.1) is 0 Å². The largest absolute Gasteiger partial charge is 0.388 e. The van der Waals surface area contributed by atoms with Gasteiger partial charge < -0.3 is 10.0 Å². The van der Waals surface area contributed by atoms with E-state index >= 15 is 0 Å². The predicted molar refractivity (Wildman–Crippen MR) is 137 cm³/mol. The van der Waals surface area contributed by atoms with E-state index in [0.29, 0.717) is 49.1 Å². The number of nitrogens with zero attached hydrogens (tertiary/aromatic N) is 7. The highest BCUT2D eigenvalue weighted by Gasteiger charge is 2.35. The smallest absolute Gasteiger partial charge is 0.264 e. The molecule has 0 spiro atoms. The van der Waals surface area contributed by atoms with Crippen molar-refractivity contribution >= 4 is 16.9 Å². The summed E-state index contributed by atoms with van der Waals surface area (Å²) in [6.45, 7) is 2.95. The van der Waals surface area contributed by atoms with Crippen molar-refractivity contribution < 1.29 is 14.3 Å². The fraction of sp³-hybridized carbons (Fsp3) is 0.444. The number of carbonyl (C=O) groups excluding carboxylic acids is 1. The third-order valence-electron chi connectivity index (χ3n) is 7.87. The van der Waals surface area contributed by atoms with Crippen molar-refractivity contribution in [2.75, 3.05) is 13.1 Å². The van der Waals surface area contributed by atoms with Crippen molar-refractivity contribution in [1.29, 1.82) is 0 Å². The molecule has 0 radical (unpaired) electrons. The van der Waals surface area contributed by atoms with E-state index in [-0.39, 0.29) is 29.9 Å². The molecule has 1 N–H and O–H groups in total. The Hall–Kier alpha value is -3.86. The second kappa shape index (κ2) is 9.46. The molecule has 1 atom stereocenters. The molecule has 38 heavy (non-hydrogen) atoms. The Labute approximate surface area is 218 Å². The van der Waals surface area contributed by atoms with Crippen LogP contribution in [-0.4, -0.2) is 63.7 Å². The number of likely N-dealkylation sites (tertiary alicyclic amines) is 1. The monoisotopic (exact) mass is 519 g/mol. The molecule has 1 saturated heterocycles. The Bertz CT molecular complexity index is 1550. The Morgan fingerprint density at radius 3 is 2.66 bits per heavy atom. The maximum absolute atomic E-state index is 13.3. The zero-order chi connectivity index (χ0) is 26.4. The summed E-state index contributed by atoms with van der Waals surface area (Å²) in [5.74, 6) is -0.313. The molecule has 1 aliphatic carbocycles. The molecule has 1 aromatic carbocycles. The molecule has 6 rings (SSSR count). The molecule has 10 nitrogen and oxygen atoms in total. The number of fused-ring (bicyclic) bond motifs is 2. The van der Waals surface area contributed by atoms with Crippen molar-refractivity contribution in [3.8, 4) is 5.69 Å². The van der Waals surface area contributed by atoms with Gasteiger partial charge in [-0.2, -0.15) is 10.2 Å². The highest BCUT2D eigenvalue weighted by molar-refractivity contribution is 5.77. The van der Waals surface area contributed by atoms with Crippen molar-refractivity contribution in [2.24, 2.45) is 0 Å². The number of hydrogen-bond donors (Lipinski definition) is 1. The summed E-state index contributed by atoms with van der Waals surface area (Å²) in [4.78, 5) is 32.4. The molecule has 2 aliphatic rings. The average Bonchev–Trinajstić information content (AvgIpc) is 3.63. The number of rotatable bonds is 6. The lowest BCUT2D eigenvalue weighted by atomic mass is 9.91. The minimum Gasteiger partial charge on any atom is -0.388 e. The second-order valence-electron chi connectivity index (χ2n) is 10.5. The second-order valence-corrected chi connectivity index (χ2v) is 10.5. The maximum Gasteiger partial charge on any atom is 0.264 e. The van der Waals surface area contributed by atoms with Crippen LogP contribution in [0.1, 0.15) is 49.9 Å². The number of amides is 1. The van der Waals surface area contributed by atoms with Gasteiger partial charge in [-0.05, 0) is 68.9 Å². The SMILES string of the molecule is C[C@@H](CC(=O)N1CCC(O)(Cn2cnc3c(cnn3-c3ccc(F)cc3)c2=O)CC1)n1ncc2c1CCC2. The molecule has 198 valence electrons. The molecule has 3 aromatic heterocycles. The topological polar surface area (TPSA) is 111 Å². The van der Waals surface area contributed by atoms with Gasteiger partial charge >= 0.3 is 0 Å². The lowest BCUT2D eigenvalue weighted by Crippen LogP contribution is -2.49. The Kier molecular flexibility index (Phi) is 6.10. The highest BCUT2D eigenvalue weighted by Crippen LogP contribution is 2.28. The van der Waals surface area contributed by atoms with Crippen molar-refractivity contribution in [2.45, 2.75) is 63.6 Å². The van der Waals surface area contributed by atoms with Gasteiger partial charge in [0.2, 0.25) is 5.91 Å². The van der Waals surface area contributed by atoms with E-state index in [2.05, 4.69) is 15.2 Å². The summed E-state index contributed by atoms with van der Waals surface area (Å²) < 4.78 is 18.2. The number of carbonyl (C=O) groups is 1. The van der Waals surface area contributed by atoms with Gasteiger partial charge in [0, 0.05) is 25.2 Å². The number of aromatic nitrogens is 6. The summed E-state index contributed by atoms with van der Waals surface area (Å²) in [6, 6.07) is 5.75. The number of hydrogen-bond acceptors (Lipinski definition) is 6. The van der Waals surface area contributed by atoms with Gasteiger partial charge in [-0.3, -0.25) is 18.8 Å². The fourth-order valence-electron chi connectivity index (χ4n) is 5.68. The Morgan fingerprint density at radius 1 is 1.13 bits per heavy atom. The number of halogens is 1. The van der Waals surface area contributed by atoms with Crippen LogP contribution in [0, 0.1) is 5.82 Å². The number of piperidine rings is 1. The molecular formula is C27H30FN7O3. The van der Waals surface area contributed by atoms with Gasteiger partial charge in [0.25, 0.3) is 5.56 Å². The van der Waals surface area contributed by atoms with E-state index in [1.807, 2.05) is 17.8 Å². The average molecular weight is 520 g/mol. The quantitative estimate of drug-likeness (QED) is 0.419. The van der Waals surface area contributed by atoms with E-state index in [9.17, 15) is 19.1 Å². The first kappa shape index (κ1) is 24.5. The van der Waals surface area contributed by atoms with Crippen LogP contribution in [-0.2, 0) is 24.2 Å². The lowest BCUT2D eigenvalue weighted by Gasteiger charge is -2.38. The number of aryl methyl sites for hydroxylation is 1. The van der Waals surface area contributed by atoms with Crippen molar-refractivity contribution in [3.05, 3.63) is 70.4 Å². The van der Waals surface area contributed by atoms with Crippen LogP contribution in [0.4, 0.5) is 4.39 Å². The molecule has 4 aromatic rings. The first-order valence-electron chi connectivity index (χ1n) is 13.1. The van der Waals surface area contributed by atoms with Gasteiger partial charge in [-0.1, -0.05) is 0 Å². The van der Waals surface area contributed by atoms with Crippen LogP contribution in [0.15, 0.2) is 47.8 Å². The lowest BCUT2D eigenvalue weighted by molar-refractivity contribution is -0.136. The Morgan fingerprint density at radius 2 is 1.89 bits per heavy atom. The standard InChI is InChI=1S/C27H30FN7O3/c1-18(34-23-4-2-3-19(23)14-30-34)13-24(36)32-11-9-27(38,10-12-32)16-33-17-29-25-22(26(33)37)15-31-35(25)21-7-5-20(28)6-8-21/h5-8,14-15,17-18,38H,2-4,9-13,16H2,1H3/t18-/m0/s1. The molecule has 1 amide bonds. The maximum atomic E-state index is 13.3. The summed E-state index contributed by atoms with van der Waals surface area (Å²) in [5.41, 5.74) is 2.05. The third-order valence-corrected chi connectivity index (χ3v) is 7.87. The minimum atomic E-state index is -1.13. The van der Waals surface area contributed by atoms with Crippen LogP contribution < -0.4 is 5.56 Å². The normalized spacial score (nSPS) is 17.6. The Balaban J connectivity index is 1.11. The fourth-order valence-corrected chi connectivity index (χ4v) is 5.68. The molecular weight excluding hydrogens is 489 g/mol. The van der Waals surface area contributed by atoms with Gasteiger partial charge in [0.15, 0.2) is 5.65 Å². The summed E-state index contributed by atoms with van der Waals surface area (Å²) in [6.07, 6.45) is 9.07. The first-order valence-corrected chi connectivity index (χ1v) is 13.1. The van der Waals surface area contributed by atoms with E-state index in [1.54, 1.807) is 17.0 Å². The van der Waals surface area contributed by atoms with E-state index in [4.69, 9.17) is 0 Å². The first-order chi connectivity index (χ1) is 18.3. The summed E-state index contributed by atoms with van der Waals surface area (Å²) in [7, 11) is 0. The van der Waals surface area contributed by atoms with Gasteiger partial charge in [0.1, 0.15) is 17.5 Å². The molecule has 1 aliphatic heterocycles. The zero-order valence-corrected chi connectivity index (χ0v) is 21.3. The van der Waals surface area contributed by atoms with Gasteiger partial charge in [-0.25, -0.2) is 14.1 Å². The minimum absolute atomic E-state index is 0.0163. The molecule has 0 bridgehead atoms. The third kappa shape index (κ3) is 4.40. The van der Waals surface area contributed by atoms with E-state index in [1.165, 1.54) is 45.2 Å². The zero-order valence-electron chi connectivity index (χ0n) is 21.3. The van der Waals surface area contributed by atoms with Crippen LogP contribution in [0.25, 0.3) is 16.7 Å². The number of aliphatic hydroxyl groups is 1. The van der Waals surface area contributed by atoms with Crippen LogP contribution in [0.3, 0.4) is 0 Å². The van der Waals surface area contributed by atoms with E-state index in [0.717, 1.165) is 19.3 Å². The predicted octanol–water partition coefficient (Wildman–Crippen LogP) is 2.41. The van der Waals surface area contributed by atoms with Crippen LogP contribution in [0.2, 0.25) is 0 Å². The molecule has 1 fully saturated rings. The van der Waals surface area contributed by atoms with Crippen LogP contribution in [0.5, 0.6) is 0 Å². The number of benzene rings is 1. The van der Waals surface area contributed by atoms with Gasteiger partial charge in [0.05, 0.1) is 36.3 Å². The molecule has 0 saturated carbocycles. The summed E-state index contributed by atoms with van der Waals surface area (Å²) in [5, 5.41) is 20.3. The molecule has 11 heteroatoms. The van der Waals surface area contributed by atoms with Crippen molar-refractivity contribution in [1.82, 2.24) is 34.0 Å². The summed E-state index contributed by atoms with van der Waals surface area (Å²) >= 11 is 0. The van der Waals surface area contributed by atoms with Crippen LogP contribution >= 0.6 is 0 Å². The van der Waals surface area contributed by atoms with Crippen molar-refractivity contribution in [3.63, 3.8) is 0 Å². The van der Waals surface area contributed by atoms with E-state index < -0.39 is 5.60 Å². The molecule has 4 heterocycles. The highest BCUT2D eigenvalue weighted by atomic mass is 19.1.